The number of rotatable bonds is 6. The predicted molar refractivity (Wildman–Crippen MR) is 67.7 cm³/mol. The van der Waals surface area contributed by atoms with E-state index in [-0.39, 0.29) is 12.2 Å². The number of hydrogen-bond acceptors (Lipinski definition) is 6. The number of carbonyl (C=O) groups is 1. The molecule has 1 aromatic carbocycles. The van der Waals surface area contributed by atoms with Crippen LogP contribution in [0.2, 0.25) is 0 Å². The van der Waals surface area contributed by atoms with Crippen LogP contribution in [0, 0.1) is 0 Å². The van der Waals surface area contributed by atoms with Gasteiger partial charge in [-0.2, -0.15) is 0 Å². The lowest BCUT2D eigenvalue weighted by molar-refractivity contribution is -0.153. The molecule has 0 amide bonds. The predicted octanol–water partition coefficient (Wildman–Crippen LogP) is 1.31. The van der Waals surface area contributed by atoms with Gasteiger partial charge in [0, 0.05) is 11.6 Å². The van der Waals surface area contributed by atoms with Crippen molar-refractivity contribution >= 4 is 5.97 Å². The molecule has 0 fully saturated rings. The van der Waals surface area contributed by atoms with Crippen molar-refractivity contribution in [1.29, 1.82) is 0 Å². The summed E-state index contributed by atoms with van der Waals surface area (Å²) in [5, 5.41) is 9.96. The van der Waals surface area contributed by atoms with Crippen LogP contribution in [0.5, 0.6) is 17.2 Å². The summed E-state index contributed by atoms with van der Waals surface area (Å²) in [6, 6.07) is 3.02. The zero-order valence-corrected chi connectivity index (χ0v) is 11.4. The van der Waals surface area contributed by atoms with Gasteiger partial charge < -0.3 is 24.1 Å². The van der Waals surface area contributed by atoms with Crippen LogP contribution in [0.4, 0.5) is 0 Å². The van der Waals surface area contributed by atoms with Crippen molar-refractivity contribution < 1.29 is 28.8 Å². The van der Waals surface area contributed by atoms with Crippen molar-refractivity contribution in [3.63, 3.8) is 0 Å². The minimum absolute atomic E-state index is 0.186. The first kappa shape index (κ1) is 15.1. The highest BCUT2D eigenvalue weighted by Crippen LogP contribution is 2.37. The fourth-order valence-electron chi connectivity index (χ4n) is 1.61. The Labute approximate surface area is 111 Å². The second-order valence-electron chi connectivity index (χ2n) is 3.60. The molecular weight excluding hydrogens is 252 g/mol. The van der Waals surface area contributed by atoms with Gasteiger partial charge in [-0.1, -0.05) is 0 Å². The highest BCUT2D eigenvalue weighted by molar-refractivity contribution is 5.78. The highest BCUT2D eigenvalue weighted by atomic mass is 16.5. The maximum Gasteiger partial charge on any atom is 0.339 e. The largest absolute Gasteiger partial charge is 0.496 e. The molecular formula is C13H18O6. The molecule has 0 spiro atoms. The van der Waals surface area contributed by atoms with Gasteiger partial charge in [0.15, 0.2) is 17.6 Å². The van der Waals surface area contributed by atoms with Crippen molar-refractivity contribution in [2.75, 3.05) is 27.9 Å². The van der Waals surface area contributed by atoms with Crippen LogP contribution in [-0.2, 0) is 9.53 Å². The Balaban J connectivity index is 3.21. The van der Waals surface area contributed by atoms with Crippen molar-refractivity contribution in [1.82, 2.24) is 0 Å². The number of aliphatic hydroxyl groups excluding tert-OH is 1. The highest BCUT2D eigenvalue weighted by Gasteiger charge is 2.24. The van der Waals surface area contributed by atoms with Gasteiger partial charge in [0.25, 0.3) is 0 Å². The molecule has 6 heteroatoms. The third-order valence-electron chi connectivity index (χ3n) is 2.54. The van der Waals surface area contributed by atoms with E-state index in [9.17, 15) is 9.90 Å². The van der Waals surface area contributed by atoms with Crippen LogP contribution in [0.1, 0.15) is 18.6 Å². The molecule has 0 saturated heterocycles. The van der Waals surface area contributed by atoms with E-state index in [0.717, 1.165) is 0 Å². The standard InChI is InChI=1S/C13H18O6/c1-5-19-13(15)12(14)8-6-10(17-3)11(18-4)7-9(8)16-2/h6-7,12,14H,5H2,1-4H3. The quantitative estimate of drug-likeness (QED) is 0.786. The lowest BCUT2D eigenvalue weighted by Crippen LogP contribution is -2.16. The molecule has 106 valence electrons. The Hall–Kier alpha value is -1.95. The fraction of sp³-hybridized carbons (Fsp3) is 0.462. The van der Waals surface area contributed by atoms with Crippen molar-refractivity contribution in [3.8, 4) is 17.2 Å². The minimum Gasteiger partial charge on any atom is -0.496 e. The van der Waals surface area contributed by atoms with Gasteiger partial charge in [-0.25, -0.2) is 4.79 Å². The lowest BCUT2D eigenvalue weighted by atomic mass is 10.1. The van der Waals surface area contributed by atoms with Crippen LogP contribution >= 0.6 is 0 Å². The van der Waals surface area contributed by atoms with Crippen molar-refractivity contribution in [2.45, 2.75) is 13.0 Å². The van der Waals surface area contributed by atoms with E-state index < -0.39 is 12.1 Å². The Morgan fingerprint density at radius 1 is 1.11 bits per heavy atom. The topological polar surface area (TPSA) is 74.2 Å². The Kier molecular flexibility index (Phi) is 5.44. The Bertz CT molecular complexity index is 443. The average molecular weight is 270 g/mol. The van der Waals surface area contributed by atoms with Crippen LogP contribution in [0.25, 0.3) is 0 Å². The van der Waals surface area contributed by atoms with E-state index in [1.807, 2.05) is 0 Å². The summed E-state index contributed by atoms with van der Waals surface area (Å²) in [5.74, 6) is 0.409. The van der Waals surface area contributed by atoms with E-state index in [1.54, 1.807) is 6.92 Å². The number of methoxy groups -OCH3 is 3. The molecule has 0 saturated carbocycles. The van der Waals surface area contributed by atoms with Gasteiger partial charge in [-0.3, -0.25) is 0 Å². The second kappa shape index (κ2) is 6.84. The van der Waals surface area contributed by atoms with Crippen LogP contribution in [-0.4, -0.2) is 39.0 Å². The first-order valence-electron chi connectivity index (χ1n) is 5.73. The number of carbonyl (C=O) groups excluding carboxylic acids is 1. The van der Waals surface area contributed by atoms with E-state index in [1.165, 1.54) is 33.5 Å². The monoisotopic (exact) mass is 270 g/mol. The van der Waals surface area contributed by atoms with E-state index >= 15 is 0 Å². The van der Waals surface area contributed by atoms with Gasteiger partial charge in [0.05, 0.1) is 27.9 Å². The van der Waals surface area contributed by atoms with Crippen LogP contribution in [0.15, 0.2) is 12.1 Å². The molecule has 6 nitrogen and oxygen atoms in total. The van der Waals surface area contributed by atoms with Gasteiger partial charge in [-0.05, 0) is 13.0 Å². The van der Waals surface area contributed by atoms with Crippen LogP contribution < -0.4 is 14.2 Å². The van der Waals surface area contributed by atoms with Crippen LogP contribution in [0.3, 0.4) is 0 Å². The average Bonchev–Trinajstić information content (AvgIpc) is 2.45. The van der Waals surface area contributed by atoms with E-state index in [0.29, 0.717) is 17.2 Å². The maximum atomic E-state index is 11.6. The summed E-state index contributed by atoms with van der Waals surface area (Å²) in [4.78, 5) is 11.6. The van der Waals surface area contributed by atoms with Gasteiger partial charge >= 0.3 is 5.97 Å². The third-order valence-corrected chi connectivity index (χ3v) is 2.54. The summed E-state index contributed by atoms with van der Waals surface area (Å²) >= 11 is 0. The number of ether oxygens (including phenoxy) is 4. The van der Waals surface area contributed by atoms with Gasteiger partial charge in [0.1, 0.15) is 5.75 Å². The SMILES string of the molecule is CCOC(=O)C(O)c1cc(OC)c(OC)cc1OC. The molecule has 1 unspecified atom stereocenters. The molecule has 1 atom stereocenters. The molecule has 1 aromatic rings. The molecule has 1 N–H and O–H groups in total. The normalized spacial score (nSPS) is 11.6. The number of esters is 1. The van der Waals surface area contributed by atoms with Crippen molar-refractivity contribution in [2.24, 2.45) is 0 Å². The number of aliphatic hydroxyl groups is 1. The molecule has 1 rings (SSSR count). The zero-order valence-electron chi connectivity index (χ0n) is 11.4. The first-order chi connectivity index (χ1) is 9.08. The van der Waals surface area contributed by atoms with Crippen molar-refractivity contribution in [3.05, 3.63) is 17.7 Å². The molecule has 0 aromatic heterocycles. The summed E-state index contributed by atoms with van der Waals surface area (Å²) in [6.45, 7) is 1.85. The second-order valence-corrected chi connectivity index (χ2v) is 3.60. The molecule has 0 bridgehead atoms. The molecule has 0 aliphatic rings. The molecule has 0 aliphatic carbocycles. The third kappa shape index (κ3) is 3.29. The first-order valence-corrected chi connectivity index (χ1v) is 5.73. The van der Waals surface area contributed by atoms with Gasteiger partial charge in [0.2, 0.25) is 0 Å². The number of benzene rings is 1. The van der Waals surface area contributed by atoms with Gasteiger partial charge in [-0.15, -0.1) is 0 Å². The van der Waals surface area contributed by atoms with E-state index in [4.69, 9.17) is 18.9 Å². The summed E-state index contributed by atoms with van der Waals surface area (Å²) in [6.07, 6.45) is -1.44. The van der Waals surface area contributed by atoms with E-state index in [2.05, 4.69) is 0 Å². The molecule has 19 heavy (non-hydrogen) atoms. The molecule has 0 radical (unpaired) electrons. The Morgan fingerprint density at radius 3 is 2.11 bits per heavy atom. The smallest absolute Gasteiger partial charge is 0.339 e. The Morgan fingerprint density at radius 2 is 1.63 bits per heavy atom. The summed E-state index contributed by atoms with van der Waals surface area (Å²) < 4.78 is 20.1. The number of hydrogen-bond donors (Lipinski definition) is 1. The molecule has 0 aliphatic heterocycles. The molecule has 0 heterocycles. The fourth-order valence-corrected chi connectivity index (χ4v) is 1.61. The lowest BCUT2D eigenvalue weighted by Gasteiger charge is -2.17. The summed E-state index contributed by atoms with van der Waals surface area (Å²) in [7, 11) is 4.38. The zero-order chi connectivity index (χ0) is 14.4. The minimum atomic E-state index is -1.44. The maximum absolute atomic E-state index is 11.6. The summed E-state index contributed by atoms with van der Waals surface area (Å²) in [5.41, 5.74) is 0.263.